The predicted molar refractivity (Wildman–Crippen MR) is 101 cm³/mol. The maximum Gasteiger partial charge on any atom is 0.253 e. The normalized spacial score (nSPS) is 11.0. The first-order valence-electron chi connectivity index (χ1n) is 8.34. The second-order valence-electron chi connectivity index (χ2n) is 6.41. The van der Waals surface area contributed by atoms with Gasteiger partial charge in [0, 0.05) is 29.7 Å². The molecule has 0 aliphatic rings. The number of nitrogens with zero attached hydrogens (tertiary/aromatic N) is 5. The zero-order chi connectivity index (χ0) is 18.7. The summed E-state index contributed by atoms with van der Waals surface area (Å²) in [6.07, 6.45) is 0. The first-order valence-corrected chi connectivity index (χ1v) is 8.71. The van der Waals surface area contributed by atoms with E-state index in [-0.39, 0.29) is 11.9 Å². The van der Waals surface area contributed by atoms with Crippen molar-refractivity contribution >= 4 is 17.5 Å². The van der Waals surface area contributed by atoms with E-state index in [1.165, 1.54) is 0 Å². The van der Waals surface area contributed by atoms with Crippen LogP contribution in [0.15, 0.2) is 48.5 Å². The molecule has 0 fully saturated rings. The molecule has 0 spiro atoms. The van der Waals surface area contributed by atoms with E-state index in [1.807, 2.05) is 56.3 Å². The molecule has 0 saturated heterocycles. The van der Waals surface area contributed by atoms with Gasteiger partial charge in [0.1, 0.15) is 0 Å². The van der Waals surface area contributed by atoms with E-state index in [0.717, 1.165) is 11.1 Å². The van der Waals surface area contributed by atoms with Gasteiger partial charge in [0.15, 0.2) is 5.82 Å². The SMILES string of the molecule is CC(C)n1nnnc1-c1cccc(C(=O)N(C)Cc2ccc(Cl)cc2)c1. The van der Waals surface area contributed by atoms with Crippen molar-refractivity contribution in [2.24, 2.45) is 0 Å². The van der Waals surface area contributed by atoms with Crippen LogP contribution in [0.3, 0.4) is 0 Å². The summed E-state index contributed by atoms with van der Waals surface area (Å²) in [5.74, 6) is 0.584. The highest BCUT2D eigenvalue weighted by molar-refractivity contribution is 6.30. The summed E-state index contributed by atoms with van der Waals surface area (Å²) in [4.78, 5) is 14.5. The Morgan fingerprint density at radius 3 is 2.62 bits per heavy atom. The topological polar surface area (TPSA) is 63.9 Å². The molecule has 3 rings (SSSR count). The molecule has 0 aliphatic carbocycles. The summed E-state index contributed by atoms with van der Waals surface area (Å²) < 4.78 is 1.74. The Morgan fingerprint density at radius 1 is 1.19 bits per heavy atom. The van der Waals surface area contributed by atoms with Gasteiger partial charge >= 0.3 is 0 Å². The molecular formula is C19H20ClN5O. The van der Waals surface area contributed by atoms with Crippen LogP contribution in [-0.2, 0) is 6.54 Å². The fraction of sp³-hybridized carbons (Fsp3) is 0.263. The van der Waals surface area contributed by atoms with Gasteiger partial charge in [-0.25, -0.2) is 4.68 Å². The maximum absolute atomic E-state index is 12.8. The Hall–Kier alpha value is -2.73. The number of halogens is 1. The Balaban J connectivity index is 1.81. The number of benzene rings is 2. The molecule has 134 valence electrons. The second-order valence-corrected chi connectivity index (χ2v) is 6.85. The van der Waals surface area contributed by atoms with E-state index in [9.17, 15) is 4.79 Å². The molecule has 0 N–H and O–H groups in total. The van der Waals surface area contributed by atoms with Crippen LogP contribution in [0.1, 0.15) is 35.8 Å². The van der Waals surface area contributed by atoms with Crippen molar-refractivity contribution in [3.05, 3.63) is 64.7 Å². The lowest BCUT2D eigenvalue weighted by molar-refractivity contribution is 0.0785. The summed E-state index contributed by atoms with van der Waals surface area (Å²) in [7, 11) is 1.78. The molecule has 0 radical (unpaired) electrons. The summed E-state index contributed by atoms with van der Waals surface area (Å²) >= 11 is 5.91. The molecule has 0 atom stereocenters. The van der Waals surface area contributed by atoms with Crippen molar-refractivity contribution in [1.29, 1.82) is 0 Å². The summed E-state index contributed by atoms with van der Waals surface area (Å²) in [5.41, 5.74) is 2.43. The first-order chi connectivity index (χ1) is 12.5. The van der Waals surface area contributed by atoms with E-state index in [0.29, 0.717) is 23.0 Å². The van der Waals surface area contributed by atoms with Gasteiger partial charge in [-0.2, -0.15) is 0 Å². The number of amides is 1. The average Bonchev–Trinajstić information content (AvgIpc) is 3.13. The Morgan fingerprint density at radius 2 is 1.92 bits per heavy atom. The molecule has 0 saturated carbocycles. The van der Waals surface area contributed by atoms with Gasteiger partial charge in [-0.05, 0) is 54.1 Å². The van der Waals surface area contributed by atoms with E-state index < -0.39 is 0 Å². The number of carbonyl (C=O) groups is 1. The summed E-state index contributed by atoms with van der Waals surface area (Å²) in [6, 6.07) is 15.0. The zero-order valence-corrected chi connectivity index (χ0v) is 15.7. The molecule has 0 unspecified atom stereocenters. The highest BCUT2D eigenvalue weighted by Crippen LogP contribution is 2.21. The molecule has 2 aromatic carbocycles. The molecule has 1 heterocycles. The molecule has 6 nitrogen and oxygen atoms in total. The largest absolute Gasteiger partial charge is 0.337 e. The van der Waals surface area contributed by atoms with E-state index in [4.69, 9.17) is 11.6 Å². The van der Waals surface area contributed by atoms with E-state index in [2.05, 4.69) is 15.5 Å². The highest BCUT2D eigenvalue weighted by atomic mass is 35.5. The van der Waals surface area contributed by atoms with Crippen molar-refractivity contribution < 1.29 is 4.79 Å². The molecule has 1 amide bonds. The number of hydrogen-bond acceptors (Lipinski definition) is 4. The van der Waals surface area contributed by atoms with Crippen LogP contribution in [0.25, 0.3) is 11.4 Å². The minimum Gasteiger partial charge on any atom is -0.337 e. The van der Waals surface area contributed by atoms with Crippen molar-refractivity contribution in [2.45, 2.75) is 26.4 Å². The lowest BCUT2D eigenvalue weighted by Gasteiger charge is -2.18. The quantitative estimate of drug-likeness (QED) is 0.685. The first kappa shape index (κ1) is 18.1. The maximum atomic E-state index is 12.8. The van der Waals surface area contributed by atoms with Crippen molar-refractivity contribution in [1.82, 2.24) is 25.1 Å². The van der Waals surface area contributed by atoms with Gasteiger partial charge in [0.2, 0.25) is 0 Å². The zero-order valence-electron chi connectivity index (χ0n) is 14.9. The van der Waals surface area contributed by atoms with Gasteiger partial charge < -0.3 is 4.90 Å². The fourth-order valence-electron chi connectivity index (χ4n) is 2.68. The van der Waals surface area contributed by atoms with Crippen LogP contribution in [0.2, 0.25) is 5.02 Å². The van der Waals surface area contributed by atoms with Crippen molar-refractivity contribution in [3.63, 3.8) is 0 Å². The third-order valence-corrected chi connectivity index (χ3v) is 4.28. The van der Waals surface area contributed by atoms with Crippen LogP contribution in [0.4, 0.5) is 0 Å². The number of tetrazole rings is 1. The second kappa shape index (κ2) is 7.66. The average molecular weight is 370 g/mol. The molecule has 0 bridgehead atoms. The Bertz CT molecular complexity index is 904. The molecular weight excluding hydrogens is 350 g/mol. The van der Waals surface area contributed by atoms with E-state index in [1.54, 1.807) is 22.7 Å². The molecule has 1 aromatic heterocycles. The standard InChI is InChI=1S/C19H20ClN5O/c1-13(2)25-18(21-22-23-25)15-5-4-6-16(11-15)19(26)24(3)12-14-7-9-17(20)10-8-14/h4-11,13H,12H2,1-3H3. The van der Waals surface area contributed by atoms with Crippen LogP contribution in [0, 0.1) is 0 Å². The van der Waals surface area contributed by atoms with E-state index >= 15 is 0 Å². The van der Waals surface area contributed by atoms with Crippen molar-refractivity contribution in [3.8, 4) is 11.4 Å². The van der Waals surface area contributed by atoms with Gasteiger partial charge in [-0.3, -0.25) is 4.79 Å². The fourth-order valence-corrected chi connectivity index (χ4v) is 2.80. The number of hydrogen-bond donors (Lipinski definition) is 0. The van der Waals surface area contributed by atoms with Gasteiger partial charge in [-0.1, -0.05) is 35.9 Å². The number of carbonyl (C=O) groups excluding carboxylic acids is 1. The molecule has 7 heteroatoms. The van der Waals surface area contributed by atoms with Crippen molar-refractivity contribution in [2.75, 3.05) is 7.05 Å². The van der Waals surface area contributed by atoms with Crippen LogP contribution in [0.5, 0.6) is 0 Å². The monoisotopic (exact) mass is 369 g/mol. The summed E-state index contributed by atoms with van der Waals surface area (Å²) in [5, 5.41) is 12.5. The third-order valence-electron chi connectivity index (χ3n) is 4.03. The minimum absolute atomic E-state index is 0.0645. The van der Waals surface area contributed by atoms with Crippen LogP contribution < -0.4 is 0 Å². The predicted octanol–water partition coefficient (Wildman–Crippen LogP) is 3.85. The number of rotatable bonds is 5. The number of aromatic nitrogens is 4. The third kappa shape index (κ3) is 3.91. The van der Waals surface area contributed by atoms with Crippen LogP contribution in [-0.4, -0.2) is 38.1 Å². The van der Waals surface area contributed by atoms with Gasteiger partial charge in [0.05, 0.1) is 6.04 Å². The Kier molecular flexibility index (Phi) is 5.32. The molecule has 26 heavy (non-hydrogen) atoms. The molecule has 3 aromatic rings. The lowest BCUT2D eigenvalue weighted by Crippen LogP contribution is -2.26. The van der Waals surface area contributed by atoms with Gasteiger partial charge in [-0.15, -0.1) is 5.10 Å². The molecule has 0 aliphatic heterocycles. The smallest absolute Gasteiger partial charge is 0.253 e. The Labute approximate surface area is 157 Å². The minimum atomic E-state index is -0.0645. The highest BCUT2D eigenvalue weighted by Gasteiger charge is 2.16. The van der Waals surface area contributed by atoms with Crippen LogP contribution >= 0.6 is 11.6 Å². The van der Waals surface area contributed by atoms with Gasteiger partial charge in [0.25, 0.3) is 5.91 Å². The summed E-state index contributed by atoms with van der Waals surface area (Å²) in [6.45, 7) is 4.52. The lowest BCUT2D eigenvalue weighted by atomic mass is 10.1.